The number of ether oxygens (including phenoxy) is 1. The number of rotatable bonds is 3. The third kappa shape index (κ3) is 2.13. The Labute approximate surface area is 85.9 Å². The standard InChI is InChI=1S/C10H9O5/c1-15-10(14)7-4-2-3-6(5-11)8(7)9(12)13/h2-4H,5H2,1H3,(H,12,13). The smallest absolute Gasteiger partial charge is 0.338 e. The van der Waals surface area contributed by atoms with Crippen LogP contribution in [0.25, 0.3) is 0 Å². The Balaban J connectivity index is 3.38. The van der Waals surface area contributed by atoms with E-state index in [0.29, 0.717) is 0 Å². The summed E-state index contributed by atoms with van der Waals surface area (Å²) in [4.78, 5) is 22.1. The fourth-order valence-electron chi connectivity index (χ4n) is 1.25. The van der Waals surface area contributed by atoms with Crippen LogP contribution in [-0.2, 0) is 16.5 Å². The van der Waals surface area contributed by atoms with Crippen molar-refractivity contribution in [3.63, 3.8) is 0 Å². The van der Waals surface area contributed by atoms with Crippen LogP contribution in [0.4, 0.5) is 0 Å². The lowest BCUT2D eigenvalue weighted by Gasteiger charge is -2.07. The molecular weight excluding hydrogens is 200 g/mol. The first-order chi connectivity index (χ1) is 7.11. The van der Waals surface area contributed by atoms with Gasteiger partial charge in [0.05, 0.1) is 18.2 Å². The summed E-state index contributed by atoms with van der Waals surface area (Å²) in [6, 6.07) is 4.14. The van der Waals surface area contributed by atoms with E-state index in [4.69, 9.17) is 5.11 Å². The summed E-state index contributed by atoms with van der Waals surface area (Å²) in [5.74, 6) is -2.07. The molecule has 0 heterocycles. The van der Waals surface area contributed by atoms with Gasteiger partial charge < -0.3 is 9.84 Å². The van der Waals surface area contributed by atoms with Gasteiger partial charge in [0.25, 0.3) is 0 Å². The van der Waals surface area contributed by atoms with E-state index < -0.39 is 18.5 Å². The molecule has 0 unspecified atom stereocenters. The molecule has 5 heteroatoms. The molecule has 1 aromatic rings. The first kappa shape index (κ1) is 11.2. The number of hydrogen-bond donors (Lipinski definition) is 1. The first-order valence-corrected chi connectivity index (χ1v) is 4.13. The number of carbonyl (C=O) groups is 2. The molecule has 79 valence electrons. The van der Waals surface area contributed by atoms with Crippen molar-refractivity contribution in [2.24, 2.45) is 0 Å². The van der Waals surface area contributed by atoms with Crippen molar-refractivity contribution in [3.8, 4) is 0 Å². The zero-order chi connectivity index (χ0) is 11.4. The van der Waals surface area contributed by atoms with E-state index in [-0.39, 0.29) is 16.7 Å². The molecule has 1 N–H and O–H groups in total. The van der Waals surface area contributed by atoms with Gasteiger partial charge in [-0.1, -0.05) is 12.1 Å². The number of carboxylic acid groups (broad SMARTS) is 1. The second kappa shape index (κ2) is 4.56. The Morgan fingerprint density at radius 2 is 2.07 bits per heavy atom. The number of aromatic carboxylic acids is 1. The first-order valence-electron chi connectivity index (χ1n) is 4.13. The molecular formula is C10H9O5. The normalized spacial score (nSPS) is 9.73. The highest BCUT2D eigenvalue weighted by atomic mass is 16.5. The lowest BCUT2D eigenvalue weighted by Crippen LogP contribution is -2.12. The van der Waals surface area contributed by atoms with E-state index in [1.165, 1.54) is 18.2 Å². The number of methoxy groups -OCH3 is 1. The molecule has 0 bridgehead atoms. The molecule has 5 nitrogen and oxygen atoms in total. The summed E-state index contributed by atoms with van der Waals surface area (Å²) in [6.45, 7) is -0.688. The van der Waals surface area contributed by atoms with Crippen molar-refractivity contribution < 1.29 is 24.5 Å². The lowest BCUT2D eigenvalue weighted by atomic mass is 10.0. The van der Waals surface area contributed by atoms with Gasteiger partial charge in [0.1, 0.15) is 6.61 Å². The van der Waals surface area contributed by atoms with Crippen LogP contribution in [0.3, 0.4) is 0 Å². The SMILES string of the molecule is COC(=O)c1cccc(C[O])c1C(=O)O. The number of carboxylic acids is 1. The summed E-state index contributed by atoms with van der Waals surface area (Å²) in [7, 11) is 1.15. The molecule has 0 saturated carbocycles. The average molecular weight is 209 g/mol. The monoisotopic (exact) mass is 209 g/mol. The predicted octanol–water partition coefficient (Wildman–Crippen LogP) is 1.10. The molecule has 1 radical (unpaired) electrons. The topological polar surface area (TPSA) is 83.5 Å². The molecule has 0 amide bonds. The molecule has 0 fully saturated rings. The Kier molecular flexibility index (Phi) is 3.41. The van der Waals surface area contributed by atoms with E-state index >= 15 is 0 Å². The van der Waals surface area contributed by atoms with Crippen LogP contribution in [-0.4, -0.2) is 24.2 Å². The van der Waals surface area contributed by atoms with Crippen LogP contribution in [0.2, 0.25) is 0 Å². The van der Waals surface area contributed by atoms with Crippen LogP contribution < -0.4 is 0 Å². The molecule has 15 heavy (non-hydrogen) atoms. The molecule has 1 aromatic carbocycles. The number of esters is 1. The quantitative estimate of drug-likeness (QED) is 0.755. The van der Waals surface area contributed by atoms with Crippen molar-refractivity contribution in [1.82, 2.24) is 0 Å². The van der Waals surface area contributed by atoms with Crippen molar-refractivity contribution in [2.75, 3.05) is 7.11 Å². The highest BCUT2D eigenvalue weighted by molar-refractivity contribution is 6.03. The molecule has 1 rings (SSSR count). The number of benzene rings is 1. The Morgan fingerprint density at radius 1 is 1.40 bits per heavy atom. The molecule has 0 spiro atoms. The van der Waals surface area contributed by atoms with E-state index in [9.17, 15) is 14.7 Å². The van der Waals surface area contributed by atoms with Crippen LogP contribution >= 0.6 is 0 Å². The van der Waals surface area contributed by atoms with Gasteiger partial charge in [-0.3, -0.25) is 0 Å². The fraction of sp³-hybridized carbons (Fsp3) is 0.200. The minimum atomic E-state index is -1.30. The van der Waals surface area contributed by atoms with Gasteiger partial charge in [0.2, 0.25) is 0 Å². The van der Waals surface area contributed by atoms with Crippen LogP contribution in [0, 0.1) is 0 Å². The maximum absolute atomic E-state index is 11.2. The minimum Gasteiger partial charge on any atom is -0.478 e. The second-order valence-electron chi connectivity index (χ2n) is 2.78. The Bertz CT molecular complexity index is 397. The van der Waals surface area contributed by atoms with Gasteiger partial charge in [-0.15, -0.1) is 0 Å². The lowest BCUT2D eigenvalue weighted by molar-refractivity contribution is 0.0580. The van der Waals surface area contributed by atoms with Crippen molar-refractivity contribution in [2.45, 2.75) is 6.61 Å². The van der Waals surface area contributed by atoms with Crippen molar-refractivity contribution >= 4 is 11.9 Å². The summed E-state index contributed by atoms with van der Waals surface area (Å²) < 4.78 is 4.42. The summed E-state index contributed by atoms with van der Waals surface area (Å²) >= 11 is 0. The largest absolute Gasteiger partial charge is 0.478 e. The third-order valence-electron chi connectivity index (χ3n) is 1.93. The molecule has 0 aliphatic rings. The minimum absolute atomic E-state index is 0.0744. The van der Waals surface area contributed by atoms with Gasteiger partial charge in [0, 0.05) is 0 Å². The van der Waals surface area contributed by atoms with Crippen molar-refractivity contribution in [3.05, 3.63) is 34.9 Å². The van der Waals surface area contributed by atoms with E-state index in [1.807, 2.05) is 0 Å². The molecule has 0 saturated heterocycles. The maximum atomic E-state index is 11.2. The predicted molar refractivity (Wildman–Crippen MR) is 49.1 cm³/mol. The van der Waals surface area contributed by atoms with Crippen molar-refractivity contribution in [1.29, 1.82) is 0 Å². The average Bonchev–Trinajstić information content (AvgIpc) is 2.26. The Hall–Kier alpha value is -1.88. The summed E-state index contributed by atoms with van der Waals surface area (Å²) in [6.07, 6.45) is 0. The summed E-state index contributed by atoms with van der Waals surface area (Å²) in [5, 5.41) is 19.6. The highest BCUT2D eigenvalue weighted by Gasteiger charge is 2.20. The maximum Gasteiger partial charge on any atom is 0.338 e. The highest BCUT2D eigenvalue weighted by Crippen LogP contribution is 2.16. The number of carbonyl (C=O) groups excluding carboxylic acids is 1. The Morgan fingerprint density at radius 3 is 2.53 bits per heavy atom. The fourth-order valence-corrected chi connectivity index (χ4v) is 1.25. The molecule has 0 aliphatic carbocycles. The van der Waals surface area contributed by atoms with Crippen LogP contribution in [0.1, 0.15) is 26.3 Å². The zero-order valence-electron chi connectivity index (χ0n) is 8.02. The van der Waals surface area contributed by atoms with E-state index in [0.717, 1.165) is 7.11 Å². The second-order valence-corrected chi connectivity index (χ2v) is 2.78. The van der Waals surface area contributed by atoms with Gasteiger partial charge in [0.15, 0.2) is 0 Å². The van der Waals surface area contributed by atoms with Crippen LogP contribution in [0.15, 0.2) is 18.2 Å². The zero-order valence-corrected chi connectivity index (χ0v) is 8.02. The molecule has 0 aromatic heterocycles. The summed E-state index contributed by atoms with van der Waals surface area (Å²) in [5.41, 5.74) is -0.303. The van der Waals surface area contributed by atoms with Gasteiger partial charge >= 0.3 is 11.9 Å². The van der Waals surface area contributed by atoms with Gasteiger partial charge in [-0.2, -0.15) is 0 Å². The number of hydrogen-bond acceptors (Lipinski definition) is 3. The molecule has 0 aliphatic heterocycles. The third-order valence-corrected chi connectivity index (χ3v) is 1.93. The van der Waals surface area contributed by atoms with Crippen LogP contribution in [0.5, 0.6) is 0 Å². The van der Waals surface area contributed by atoms with E-state index in [2.05, 4.69) is 4.74 Å². The van der Waals surface area contributed by atoms with Gasteiger partial charge in [-0.25, -0.2) is 14.7 Å². The molecule has 0 atom stereocenters. The van der Waals surface area contributed by atoms with E-state index in [1.54, 1.807) is 0 Å². The van der Waals surface area contributed by atoms with Gasteiger partial charge in [-0.05, 0) is 11.6 Å².